The summed E-state index contributed by atoms with van der Waals surface area (Å²) < 4.78 is 5.22. The van der Waals surface area contributed by atoms with E-state index in [1.807, 2.05) is 38.1 Å². The molecule has 4 rings (SSSR count). The van der Waals surface area contributed by atoms with Gasteiger partial charge in [0, 0.05) is 16.1 Å². The van der Waals surface area contributed by atoms with E-state index in [9.17, 15) is 9.90 Å². The topological polar surface area (TPSA) is 86.5 Å². The second-order valence-corrected chi connectivity index (χ2v) is 9.25. The number of hydrogen-bond donors (Lipinski definition) is 2. The van der Waals surface area contributed by atoms with Crippen LogP contribution in [0.4, 0.5) is 5.69 Å². The van der Waals surface area contributed by atoms with Crippen LogP contribution >= 0.6 is 11.3 Å². The van der Waals surface area contributed by atoms with Gasteiger partial charge in [0.2, 0.25) is 0 Å². The van der Waals surface area contributed by atoms with Crippen LogP contribution < -0.4 is 4.90 Å². The van der Waals surface area contributed by atoms with Crippen LogP contribution in [0.1, 0.15) is 39.7 Å². The molecule has 0 amide bonds. The van der Waals surface area contributed by atoms with Crippen LogP contribution in [0, 0.1) is 19.3 Å². The van der Waals surface area contributed by atoms with Crippen molar-refractivity contribution in [2.45, 2.75) is 33.8 Å². The number of aliphatic hydroxyl groups is 1. The molecule has 1 aliphatic rings. The summed E-state index contributed by atoms with van der Waals surface area (Å²) in [6.07, 6.45) is -0.191. The minimum Gasteiger partial charge on any atom is -0.510 e. The highest BCUT2D eigenvalue weighted by Crippen LogP contribution is 2.36. The van der Waals surface area contributed by atoms with Crippen LogP contribution in [-0.4, -0.2) is 34.5 Å². The lowest BCUT2D eigenvalue weighted by Gasteiger charge is -2.19. The molecule has 0 bridgehead atoms. The molecule has 6 nitrogen and oxygen atoms in total. The quantitative estimate of drug-likeness (QED) is 0.486. The Kier molecular flexibility index (Phi) is 5.84. The van der Waals surface area contributed by atoms with Crippen molar-refractivity contribution in [2.75, 3.05) is 11.4 Å². The van der Waals surface area contributed by atoms with Gasteiger partial charge >= 0.3 is 5.97 Å². The second kappa shape index (κ2) is 8.59. The average molecular weight is 448 g/mol. The third-order valence-corrected chi connectivity index (χ3v) is 6.18. The number of nitrogens with one attached hydrogen (secondary N) is 1. The number of esters is 1. The Hall–Kier alpha value is -3.45. The number of thiazole rings is 1. The van der Waals surface area contributed by atoms with Gasteiger partial charge in [-0.2, -0.15) is 0 Å². The van der Waals surface area contributed by atoms with Gasteiger partial charge in [0.25, 0.3) is 0 Å². The van der Waals surface area contributed by atoms with E-state index < -0.39 is 0 Å². The van der Waals surface area contributed by atoms with Gasteiger partial charge < -0.3 is 14.7 Å². The van der Waals surface area contributed by atoms with Gasteiger partial charge in [-0.3, -0.25) is 5.41 Å². The first-order valence-electron chi connectivity index (χ1n) is 10.4. The van der Waals surface area contributed by atoms with Crippen molar-refractivity contribution in [1.29, 1.82) is 5.41 Å². The van der Waals surface area contributed by atoms with Crippen molar-refractivity contribution in [3.05, 3.63) is 75.3 Å². The number of anilines is 1. The first-order valence-corrected chi connectivity index (χ1v) is 11.2. The molecule has 0 aliphatic carbocycles. The van der Waals surface area contributed by atoms with E-state index >= 15 is 0 Å². The molecule has 1 aliphatic heterocycles. The molecule has 0 unspecified atom stereocenters. The van der Waals surface area contributed by atoms with Crippen molar-refractivity contribution in [3.8, 4) is 11.3 Å². The van der Waals surface area contributed by atoms with E-state index in [-0.39, 0.29) is 30.2 Å². The third-order valence-electron chi connectivity index (χ3n) is 5.20. The summed E-state index contributed by atoms with van der Waals surface area (Å²) in [7, 11) is 0. The Balaban J connectivity index is 1.57. The minimum atomic E-state index is -0.383. The van der Waals surface area contributed by atoms with E-state index in [4.69, 9.17) is 15.1 Å². The third kappa shape index (κ3) is 4.16. The zero-order valence-corrected chi connectivity index (χ0v) is 19.3. The Morgan fingerprint density at radius 3 is 2.41 bits per heavy atom. The fourth-order valence-corrected chi connectivity index (χ4v) is 4.57. The van der Waals surface area contributed by atoms with Crippen molar-refractivity contribution in [1.82, 2.24) is 4.98 Å². The largest absolute Gasteiger partial charge is 0.510 e. The van der Waals surface area contributed by atoms with Gasteiger partial charge in [0.1, 0.15) is 16.6 Å². The molecular formula is C25H25N3O3S. The van der Waals surface area contributed by atoms with E-state index in [0.717, 1.165) is 16.1 Å². The van der Waals surface area contributed by atoms with Gasteiger partial charge in [-0.1, -0.05) is 29.8 Å². The van der Waals surface area contributed by atoms with E-state index in [1.165, 1.54) is 16.9 Å². The number of amidine groups is 1. The highest BCUT2D eigenvalue weighted by Gasteiger charge is 2.32. The Labute approximate surface area is 191 Å². The fraction of sp³-hybridized carbons (Fsp3) is 0.240. The first kappa shape index (κ1) is 21.8. The molecule has 32 heavy (non-hydrogen) atoms. The normalized spacial score (nSPS) is 13.9. The van der Waals surface area contributed by atoms with Crippen molar-refractivity contribution in [3.63, 3.8) is 0 Å². The van der Waals surface area contributed by atoms with Gasteiger partial charge in [-0.05, 0) is 52.0 Å². The van der Waals surface area contributed by atoms with Gasteiger partial charge in [-0.15, -0.1) is 11.3 Å². The SMILES string of the molecule is Cc1ccc(-c2nc(C3=C(O)CN(c4ccc(C(=O)OC(C)C)cc4)C3=N)sc2C)cc1. The van der Waals surface area contributed by atoms with Crippen LogP contribution in [0.15, 0.2) is 54.3 Å². The lowest BCUT2D eigenvalue weighted by molar-refractivity contribution is 0.0378. The fourth-order valence-electron chi connectivity index (χ4n) is 3.57. The van der Waals surface area contributed by atoms with Crippen molar-refractivity contribution < 1.29 is 14.6 Å². The Morgan fingerprint density at radius 2 is 1.78 bits per heavy atom. The van der Waals surface area contributed by atoms with E-state index in [1.54, 1.807) is 43.0 Å². The minimum absolute atomic E-state index is 0.113. The number of aryl methyl sites for hydroxylation is 2. The number of ether oxygens (including phenoxy) is 1. The zero-order valence-electron chi connectivity index (χ0n) is 18.5. The molecule has 164 valence electrons. The van der Waals surface area contributed by atoms with Crippen molar-refractivity contribution >= 4 is 34.4 Å². The molecular weight excluding hydrogens is 422 g/mol. The summed E-state index contributed by atoms with van der Waals surface area (Å²) in [5.74, 6) is -0.0849. The predicted molar refractivity (Wildman–Crippen MR) is 129 cm³/mol. The van der Waals surface area contributed by atoms with Crippen LogP contribution in [-0.2, 0) is 4.74 Å². The number of benzene rings is 2. The standard InChI is InChI=1S/C25H25N3O3S/c1-14(2)31-25(30)18-9-11-19(12-10-18)28-13-20(29)21(23(28)26)24-27-22(16(4)32-24)17-7-5-15(3)6-8-17/h5-12,14,26,29H,13H2,1-4H3. The van der Waals surface area contributed by atoms with Gasteiger partial charge in [0.15, 0.2) is 0 Å². The predicted octanol–water partition coefficient (Wildman–Crippen LogP) is 5.76. The molecule has 0 radical (unpaired) electrons. The summed E-state index contributed by atoms with van der Waals surface area (Å²) in [6, 6.07) is 15.0. The molecule has 2 heterocycles. The monoisotopic (exact) mass is 447 g/mol. The summed E-state index contributed by atoms with van der Waals surface area (Å²) in [4.78, 5) is 19.6. The van der Waals surface area contributed by atoms with Crippen LogP contribution in [0.25, 0.3) is 16.8 Å². The molecule has 0 spiro atoms. The Bertz CT molecular complexity index is 1210. The number of aliphatic hydroxyl groups excluding tert-OH is 1. The van der Waals surface area contributed by atoms with Crippen molar-refractivity contribution in [2.24, 2.45) is 0 Å². The molecule has 0 saturated carbocycles. The maximum absolute atomic E-state index is 12.1. The summed E-state index contributed by atoms with van der Waals surface area (Å²) >= 11 is 1.47. The number of hydrogen-bond acceptors (Lipinski definition) is 6. The zero-order chi connectivity index (χ0) is 23.0. The lowest BCUT2D eigenvalue weighted by atomic mass is 10.1. The summed E-state index contributed by atoms with van der Waals surface area (Å²) in [6.45, 7) is 7.83. The molecule has 7 heteroatoms. The molecule has 0 atom stereocenters. The lowest BCUT2D eigenvalue weighted by Crippen LogP contribution is -2.26. The highest BCUT2D eigenvalue weighted by atomic mass is 32.1. The second-order valence-electron chi connectivity index (χ2n) is 8.05. The molecule has 1 aromatic heterocycles. The molecule has 3 aromatic rings. The van der Waals surface area contributed by atoms with E-state index in [0.29, 0.717) is 21.8 Å². The maximum atomic E-state index is 12.1. The number of carbonyl (C=O) groups excluding carboxylic acids is 1. The van der Waals surface area contributed by atoms with Crippen LogP contribution in [0.2, 0.25) is 0 Å². The van der Waals surface area contributed by atoms with E-state index in [2.05, 4.69) is 0 Å². The summed E-state index contributed by atoms with van der Waals surface area (Å²) in [5, 5.41) is 20.0. The van der Waals surface area contributed by atoms with Gasteiger partial charge in [0.05, 0.1) is 29.5 Å². The van der Waals surface area contributed by atoms with Crippen LogP contribution in [0.3, 0.4) is 0 Å². The average Bonchev–Trinajstić information content (AvgIpc) is 3.27. The first-order chi connectivity index (χ1) is 15.2. The number of rotatable bonds is 5. The smallest absolute Gasteiger partial charge is 0.338 e. The molecule has 0 fully saturated rings. The van der Waals surface area contributed by atoms with Gasteiger partial charge in [-0.25, -0.2) is 9.78 Å². The molecule has 2 N–H and O–H groups in total. The number of aromatic nitrogens is 1. The Morgan fingerprint density at radius 1 is 1.12 bits per heavy atom. The molecule has 0 saturated heterocycles. The maximum Gasteiger partial charge on any atom is 0.338 e. The van der Waals surface area contributed by atoms with Crippen LogP contribution in [0.5, 0.6) is 0 Å². The highest BCUT2D eigenvalue weighted by molar-refractivity contribution is 7.13. The summed E-state index contributed by atoms with van der Waals surface area (Å²) in [5.41, 5.74) is 4.66. The number of carbonyl (C=O) groups is 1. The number of nitrogens with zero attached hydrogens (tertiary/aromatic N) is 2. The molecule has 2 aromatic carbocycles.